The zero-order valence-electron chi connectivity index (χ0n) is 14.0. The molecule has 4 heterocycles. The van der Waals surface area contributed by atoms with Gasteiger partial charge in [0.05, 0.1) is 0 Å². The second kappa shape index (κ2) is 5.13. The number of rotatable bonds is 0. The number of aromatic nitrogens is 2. The van der Waals surface area contributed by atoms with E-state index in [-0.39, 0.29) is 0 Å². The molecule has 0 spiro atoms. The molecular formula is C22H15N3Si. The van der Waals surface area contributed by atoms with Gasteiger partial charge in [0.2, 0.25) is 8.96 Å². The third kappa shape index (κ3) is 1.71. The fourth-order valence-electron chi connectivity index (χ4n) is 4.42. The molecule has 0 bridgehead atoms. The number of anilines is 2. The summed E-state index contributed by atoms with van der Waals surface area (Å²) in [5.41, 5.74) is 7.62. The topological polar surface area (TPSA) is 29.0 Å². The highest BCUT2D eigenvalue weighted by molar-refractivity contribution is 6.92. The molecule has 0 saturated carbocycles. The van der Waals surface area contributed by atoms with Gasteiger partial charge in [-0.1, -0.05) is 48.5 Å². The molecule has 4 aromatic rings. The summed E-state index contributed by atoms with van der Waals surface area (Å²) in [6, 6.07) is 22.0. The van der Waals surface area contributed by atoms with Gasteiger partial charge < -0.3 is 4.57 Å². The highest BCUT2D eigenvalue weighted by Crippen LogP contribution is 2.44. The van der Waals surface area contributed by atoms with E-state index >= 15 is 0 Å². The molecule has 6 rings (SSSR count). The monoisotopic (exact) mass is 349 g/mol. The second-order valence-corrected chi connectivity index (χ2v) is 9.30. The van der Waals surface area contributed by atoms with E-state index in [0.29, 0.717) is 0 Å². The molecule has 0 aliphatic carbocycles. The summed E-state index contributed by atoms with van der Waals surface area (Å²) in [6.07, 6.45) is 7.81. The van der Waals surface area contributed by atoms with Gasteiger partial charge in [-0.25, -0.2) is 0 Å². The molecule has 2 aliphatic heterocycles. The van der Waals surface area contributed by atoms with Crippen molar-refractivity contribution in [3.8, 4) is 22.3 Å². The summed E-state index contributed by atoms with van der Waals surface area (Å²) in [5, 5.41) is 2.92. The van der Waals surface area contributed by atoms with Gasteiger partial charge >= 0.3 is 0 Å². The van der Waals surface area contributed by atoms with E-state index in [1.54, 1.807) is 0 Å². The van der Waals surface area contributed by atoms with Crippen LogP contribution in [-0.4, -0.2) is 18.9 Å². The van der Waals surface area contributed by atoms with Crippen LogP contribution in [-0.2, 0) is 0 Å². The van der Waals surface area contributed by atoms with Gasteiger partial charge in [-0.15, -0.1) is 0 Å². The van der Waals surface area contributed by atoms with Crippen LogP contribution >= 0.6 is 0 Å². The SMILES string of the molecule is c1ccc2c(c1)-c1cnccc1N1c3ccncc3-c3ccccc3[SiH]21. The number of hydrogen-bond donors (Lipinski definition) is 0. The molecule has 122 valence electrons. The van der Waals surface area contributed by atoms with E-state index in [9.17, 15) is 0 Å². The average Bonchev–Trinajstić information content (AvgIpc) is 2.73. The fourth-order valence-corrected chi connectivity index (χ4v) is 8.00. The molecule has 0 radical (unpaired) electrons. The molecule has 4 heteroatoms. The Labute approximate surface area is 153 Å². The number of benzene rings is 2. The van der Waals surface area contributed by atoms with Crippen molar-refractivity contribution in [3.63, 3.8) is 0 Å². The van der Waals surface area contributed by atoms with Crippen LogP contribution in [0.25, 0.3) is 22.3 Å². The Kier molecular flexibility index (Phi) is 2.76. The average molecular weight is 349 g/mol. The Bertz CT molecular complexity index is 987. The molecule has 0 atom stereocenters. The molecule has 0 saturated heterocycles. The van der Waals surface area contributed by atoms with E-state index in [4.69, 9.17) is 0 Å². The van der Waals surface area contributed by atoms with Crippen LogP contribution < -0.4 is 14.9 Å². The fraction of sp³-hybridized carbons (Fsp3) is 0. The van der Waals surface area contributed by atoms with Crippen LogP contribution in [0.15, 0.2) is 85.5 Å². The number of pyridine rings is 2. The Morgan fingerprint density at radius 3 is 1.62 bits per heavy atom. The number of hydrogen-bond acceptors (Lipinski definition) is 3. The van der Waals surface area contributed by atoms with Crippen molar-refractivity contribution in [1.82, 2.24) is 9.97 Å². The maximum atomic E-state index is 4.41. The zero-order chi connectivity index (χ0) is 17.1. The minimum atomic E-state index is -1.63. The summed E-state index contributed by atoms with van der Waals surface area (Å²) in [5.74, 6) is 0. The maximum Gasteiger partial charge on any atom is 0.210 e. The van der Waals surface area contributed by atoms with E-state index in [1.807, 2.05) is 24.8 Å². The third-order valence-electron chi connectivity index (χ3n) is 5.46. The normalized spacial score (nSPS) is 13.9. The van der Waals surface area contributed by atoms with Gasteiger partial charge in [0.25, 0.3) is 0 Å². The van der Waals surface area contributed by atoms with Crippen LogP contribution in [0, 0.1) is 0 Å². The van der Waals surface area contributed by atoms with E-state index < -0.39 is 8.96 Å². The molecule has 0 N–H and O–H groups in total. The Balaban J connectivity index is 1.77. The van der Waals surface area contributed by atoms with Crippen molar-refractivity contribution < 1.29 is 0 Å². The summed E-state index contributed by atoms with van der Waals surface area (Å²) >= 11 is 0. The first-order chi connectivity index (χ1) is 12.9. The van der Waals surface area contributed by atoms with Crippen molar-refractivity contribution in [2.75, 3.05) is 4.57 Å². The number of fused-ring (bicyclic) bond motifs is 11. The summed E-state index contributed by atoms with van der Waals surface area (Å²) in [6.45, 7) is 0. The first kappa shape index (κ1) is 14.0. The highest BCUT2D eigenvalue weighted by Gasteiger charge is 2.39. The first-order valence-corrected chi connectivity index (χ1v) is 10.5. The lowest BCUT2D eigenvalue weighted by molar-refractivity contribution is 1.25. The summed E-state index contributed by atoms with van der Waals surface area (Å²) < 4.78 is 2.58. The Morgan fingerprint density at radius 2 is 1.08 bits per heavy atom. The molecule has 0 unspecified atom stereocenters. The van der Waals surface area contributed by atoms with Crippen LogP contribution in [0.5, 0.6) is 0 Å². The predicted octanol–water partition coefficient (Wildman–Crippen LogP) is 3.11. The van der Waals surface area contributed by atoms with Gasteiger partial charge in [-0.3, -0.25) is 9.97 Å². The van der Waals surface area contributed by atoms with E-state index in [0.717, 1.165) is 0 Å². The van der Waals surface area contributed by atoms with Crippen LogP contribution in [0.3, 0.4) is 0 Å². The highest BCUT2D eigenvalue weighted by atomic mass is 28.3. The van der Waals surface area contributed by atoms with Crippen molar-refractivity contribution in [3.05, 3.63) is 85.5 Å². The lowest BCUT2D eigenvalue weighted by Crippen LogP contribution is -2.59. The van der Waals surface area contributed by atoms with Crippen molar-refractivity contribution in [1.29, 1.82) is 0 Å². The van der Waals surface area contributed by atoms with E-state index in [2.05, 4.69) is 75.2 Å². The van der Waals surface area contributed by atoms with Crippen LogP contribution in [0.1, 0.15) is 0 Å². The molecule has 3 nitrogen and oxygen atoms in total. The molecule has 2 aromatic carbocycles. The van der Waals surface area contributed by atoms with Crippen molar-refractivity contribution in [2.24, 2.45) is 0 Å². The van der Waals surface area contributed by atoms with E-state index in [1.165, 1.54) is 44.0 Å². The van der Waals surface area contributed by atoms with Crippen LogP contribution in [0.2, 0.25) is 0 Å². The van der Waals surface area contributed by atoms with Crippen molar-refractivity contribution >= 4 is 30.7 Å². The summed E-state index contributed by atoms with van der Waals surface area (Å²) in [7, 11) is -1.63. The zero-order valence-corrected chi connectivity index (χ0v) is 15.2. The van der Waals surface area contributed by atoms with Crippen molar-refractivity contribution in [2.45, 2.75) is 0 Å². The number of nitrogens with zero attached hydrogens (tertiary/aromatic N) is 3. The molecule has 0 fully saturated rings. The van der Waals surface area contributed by atoms with Gasteiger partial charge in [0.1, 0.15) is 0 Å². The molecule has 2 aromatic heterocycles. The van der Waals surface area contributed by atoms with Gasteiger partial charge in [-0.2, -0.15) is 0 Å². The Hall–Kier alpha value is -3.24. The van der Waals surface area contributed by atoms with Gasteiger partial charge in [0, 0.05) is 47.3 Å². The second-order valence-electron chi connectivity index (χ2n) is 6.73. The molecule has 2 aliphatic rings. The standard InChI is InChI=1S/C22H15N3Si/c1-3-7-21-15(5-1)17-13-23-11-9-19(17)25-20-10-12-24-14-18(20)16-6-2-4-8-22(16)26(21)25/h1-14,26H. The van der Waals surface area contributed by atoms with Gasteiger partial charge in [-0.05, 0) is 33.6 Å². The quantitative estimate of drug-likeness (QED) is 0.457. The Morgan fingerprint density at radius 1 is 0.577 bits per heavy atom. The largest absolute Gasteiger partial charge is 0.362 e. The van der Waals surface area contributed by atoms with Crippen LogP contribution in [0.4, 0.5) is 11.4 Å². The molecule has 0 amide bonds. The van der Waals surface area contributed by atoms with Gasteiger partial charge in [0.15, 0.2) is 0 Å². The summed E-state index contributed by atoms with van der Waals surface area (Å²) in [4.78, 5) is 8.82. The smallest absolute Gasteiger partial charge is 0.210 e. The molecular weight excluding hydrogens is 334 g/mol. The molecule has 26 heavy (non-hydrogen) atoms. The predicted molar refractivity (Wildman–Crippen MR) is 108 cm³/mol. The lowest BCUT2D eigenvalue weighted by Gasteiger charge is -2.43. The minimum absolute atomic E-state index is 1.22. The minimum Gasteiger partial charge on any atom is -0.362 e. The first-order valence-electron chi connectivity index (χ1n) is 8.79. The maximum absolute atomic E-state index is 4.41. The third-order valence-corrected chi connectivity index (χ3v) is 8.72. The lowest BCUT2D eigenvalue weighted by atomic mass is 10.0.